The number of rotatable bonds is 7. The topological polar surface area (TPSA) is 81.2 Å². The summed E-state index contributed by atoms with van der Waals surface area (Å²) in [5.74, 6) is 0.452. The van der Waals surface area contributed by atoms with Crippen LogP contribution in [-0.2, 0) is 16.6 Å². The minimum atomic E-state index is -3.82. The van der Waals surface area contributed by atoms with Gasteiger partial charge >= 0.3 is 0 Å². The summed E-state index contributed by atoms with van der Waals surface area (Å²) in [5.41, 5.74) is 2.00. The molecule has 1 N–H and O–H groups in total. The number of ether oxygens (including phenoxy) is 1. The van der Waals surface area contributed by atoms with E-state index in [9.17, 15) is 8.42 Å². The monoisotopic (exact) mass is 461 g/mol. The van der Waals surface area contributed by atoms with E-state index in [0.717, 1.165) is 11.1 Å². The Kier molecular flexibility index (Phi) is 6.31. The highest BCUT2D eigenvalue weighted by Crippen LogP contribution is 2.26. The van der Waals surface area contributed by atoms with Crippen molar-refractivity contribution in [1.82, 2.24) is 9.97 Å². The number of nitrogens with zero attached hydrogens (tertiary/aromatic N) is 2. The van der Waals surface area contributed by atoms with Gasteiger partial charge in [0.15, 0.2) is 0 Å². The van der Waals surface area contributed by atoms with E-state index in [1.54, 1.807) is 24.3 Å². The van der Waals surface area contributed by atoms with Crippen LogP contribution in [0.4, 0.5) is 5.82 Å². The second kappa shape index (κ2) is 8.70. The van der Waals surface area contributed by atoms with Crippen molar-refractivity contribution < 1.29 is 13.2 Å². The Hall–Kier alpha value is -2.45. The van der Waals surface area contributed by atoms with Crippen LogP contribution < -0.4 is 9.46 Å². The molecule has 6 nitrogen and oxygen atoms in total. The summed E-state index contributed by atoms with van der Waals surface area (Å²) < 4.78 is 34.1. The Labute approximate surface area is 173 Å². The van der Waals surface area contributed by atoms with Crippen molar-refractivity contribution in [3.05, 3.63) is 76.5 Å². The average Bonchev–Trinajstić information content (AvgIpc) is 2.69. The van der Waals surface area contributed by atoms with Gasteiger partial charge in [-0.3, -0.25) is 4.72 Å². The van der Waals surface area contributed by atoms with Gasteiger partial charge in [-0.25, -0.2) is 18.4 Å². The van der Waals surface area contributed by atoms with E-state index in [1.165, 1.54) is 6.20 Å². The molecule has 0 unspecified atom stereocenters. The van der Waals surface area contributed by atoms with Crippen LogP contribution in [0.15, 0.2) is 70.3 Å². The molecule has 0 bridgehead atoms. The van der Waals surface area contributed by atoms with Gasteiger partial charge in [-0.2, -0.15) is 0 Å². The van der Waals surface area contributed by atoms with Gasteiger partial charge in [0.05, 0.1) is 11.1 Å². The van der Waals surface area contributed by atoms with Gasteiger partial charge < -0.3 is 4.74 Å². The second-order valence-electron chi connectivity index (χ2n) is 6.45. The largest absolute Gasteiger partial charge is 0.470 e. The van der Waals surface area contributed by atoms with E-state index in [4.69, 9.17) is 4.74 Å². The van der Waals surface area contributed by atoms with E-state index in [2.05, 4.69) is 44.5 Å². The third-order valence-electron chi connectivity index (χ3n) is 4.02. The molecule has 3 aromatic rings. The zero-order valence-corrected chi connectivity index (χ0v) is 17.9. The number of halogens is 1. The molecule has 0 aliphatic carbocycles. The molecule has 1 heterocycles. The maximum absolute atomic E-state index is 12.7. The first-order valence-electron chi connectivity index (χ1n) is 8.67. The SMILES string of the molecule is CC(C)c1ccc(S(=O)(=O)Nc2ncc(Br)nc2OCc2ccccc2)cc1. The smallest absolute Gasteiger partial charge is 0.263 e. The van der Waals surface area contributed by atoms with Crippen molar-refractivity contribution in [1.29, 1.82) is 0 Å². The molecule has 28 heavy (non-hydrogen) atoms. The molecule has 0 spiro atoms. The van der Waals surface area contributed by atoms with Crippen molar-refractivity contribution in [2.24, 2.45) is 0 Å². The Morgan fingerprint density at radius 3 is 2.39 bits per heavy atom. The Morgan fingerprint density at radius 1 is 1.07 bits per heavy atom. The van der Waals surface area contributed by atoms with E-state index in [1.807, 2.05) is 30.3 Å². The summed E-state index contributed by atoms with van der Waals surface area (Å²) in [4.78, 5) is 8.48. The third kappa shape index (κ3) is 5.08. The van der Waals surface area contributed by atoms with Gasteiger partial charge in [0, 0.05) is 0 Å². The summed E-state index contributed by atoms with van der Waals surface area (Å²) in [6, 6.07) is 16.3. The quantitative estimate of drug-likeness (QED) is 0.549. The summed E-state index contributed by atoms with van der Waals surface area (Å²) >= 11 is 3.24. The molecule has 146 valence electrons. The van der Waals surface area contributed by atoms with Crippen LogP contribution >= 0.6 is 15.9 Å². The number of sulfonamides is 1. The summed E-state index contributed by atoms with van der Waals surface area (Å²) in [5, 5.41) is 0. The van der Waals surface area contributed by atoms with E-state index < -0.39 is 10.0 Å². The molecule has 0 aliphatic rings. The molecule has 0 saturated carbocycles. The lowest BCUT2D eigenvalue weighted by atomic mass is 10.0. The lowest BCUT2D eigenvalue weighted by Gasteiger charge is -2.13. The number of nitrogens with one attached hydrogen (secondary N) is 1. The van der Waals surface area contributed by atoms with Gasteiger partial charge in [0.2, 0.25) is 5.82 Å². The fraction of sp³-hybridized carbons (Fsp3) is 0.200. The minimum absolute atomic E-state index is 0.0343. The standard InChI is InChI=1S/C20H20BrN3O3S/c1-14(2)16-8-10-17(11-9-16)28(25,26)24-19-20(23-18(21)12-22-19)27-13-15-6-4-3-5-7-15/h3-12,14H,13H2,1-2H3,(H,22,24). The van der Waals surface area contributed by atoms with E-state index in [0.29, 0.717) is 10.5 Å². The molecular weight excluding hydrogens is 442 g/mol. The Morgan fingerprint density at radius 2 is 1.75 bits per heavy atom. The number of aromatic nitrogens is 2. The normalized spacial score (nSPS) is 11.4. The molecule has 0 aliphatic heterocycles. The lowest BCUT2D eigenvalue weighted by molar-refractivity contribution is 0.294. The first kappa shape index (κ1) is 20.3. The summed E-state index contributed by atoms with van der Waals surface area (Å²) in [6.07, 6.45) is 1.41. The molecule has 0 fully saturated rings. The lowest BCUT2D eigenvalue weighted by Crippen LogP contribution is -2.15. The average molecular weight is 462 g/mol. The van der Waals surface area contributed by atoms with Gasteiger partial charge in [-0.15, -0.1) is 0 Å². The Bertz CT molecular complexity index is 1040. The molecular formula is C20H20BrN3O3S. The molecule has 0 radical (unpaired) electrons. The third-order valence-corrected chi connectivity index (χ3v) is 5.75. The number of anilines is 1. The first-order chi connectivity index (χ1) is 13.3. The number of hydrogen-bond donors (Lipinski definition) is 1. The molecule has 3 rings (SSSR count). The van der Waals surface area contributed by atoms with Crippen LogP contribution in [0.2, 0.25) is 0 Å². The van der Waals surface area contributed by atoms with Crippen LogP contribution in [0.3, 0.4) is 0 Å². The zero-order valence-electron chi connectivity index (χ0n) is 15.5. The van der Waals surface area contributed by atoms with Crippen LogP contribution in [0, 0.1) is 0 Å². The summed E-state index contributed by atoms with van der Waals surface area (Å²) in [7, 11) is -3.82. The summed E-state index contributed by atoms with van der Waals surface area (Å²) in [6.45, 7) is 4.34. The second-order valence-corrected chi connectivity index (χ2v) is 8.94. The molecule has 1 aromatic heterocycles. The molecule has 8 heteroatoms. The highest BCUT2D eigenvalue weighted by Gasteiger charge is 2.19. The predicted molar refractivity (Wildman–Crippen MR) is 112 cm³/mol. The highest BCUT2D eigenvalue weighted by atomic mass is 79.9. The number of benzene rings is 2. The van der Waals surface area contributed by atoms with Crippen LogP contribution in [0.25, 0.3) is 0 Å². The van der Waals surface area contributed by atoms with Crippen LogP contribution in [0.5, 0.6) is 5.88 Å². The van der Waals surface area contributed by atoms with Crippen LogP contribution in [-0.4, -0.2) is 18.4 Å². The fourth-order valence-corrected chi connectivity index (χ4v) is 3.74. The predicted octanol–water partition coefficient (Wildman–Crippen LogP) is 4.74. The fourth-order valence-electron chi connectivity index (χ4n) is 2.47. The van der Waals surface area contributed by atoms with Gasteiger partial charge in [-0.05, 0) is 45.1 Å². The van der Waals surface area contributed by atoms with Gasteiger partial charge in [0.25, 0.3) is 15.9 Å². The maximum Gasteiger partial charge on any atom is 0.263 e. The first-order valence-corrected chi connectivity index (χ1v) is 10.9. The van der Waals surface area contributed by atoms with Crippen molar-refractivity contribution in [3.63, 3.8) is 0 Å². The van der Waals surface area contributed by atoms with E-state index in [-0.39, 0.29) is 23.2 Å². The highest BCUT2D eigenvalue weighted by molar-refractivity contribution is 9.10. The van der Waals surface area contributed by atoms with E-state index >= 15 is 0 Å². The molecule has 0 atom stereocenters. The maximum atomic E-state index is 12.7. The van der Waals surface area contributed by atoms with Crippen molar-refractivity contribution in [3.8, 4) is 5.88 Å². The Balaban J connectivity index is 1.82. The zero-order chi connectivity index (χ0) is 20.1. The minimum Gasteiger partial charge on any atom is -0.470 e. The molecule has 0 saturated heterocycles. The number of hydrogen-bond acceptors (Lipinski definition) is 5. The van der Waals surface area contributed by atoms with Crippen molar-refractivity contribution in [2.45, 2.75) is 31.3 Å². The molecule has 2 aromatic carbocycles. The van der Waals surface area contributed by atoms with Gasteiger partial charge in [-0.1, -0.05) is 56.3 Å². The van der Waals surface area contributed by atoms with Crippen LogP contribution in [0.1, 0.15) is 30.9 Å². The molecule has 0 amide bonds. The van der Waals surface area contributed by atoms with Crippen molar-refractivity contribution >= 4 is 31.8 Å². The van der Waals surface area contributed by atoms with Gasteiger partial charge in [0.1, 0.15) is 11.2 Å². The van der Waals surface area contributed by atoms with Crippen molar-refractivity contribution in [2.75, 3.05) is 4.72 Å².